The number of hydrogen-bond acceptors (Lipinski definition) is 3. The first-order chi connectivity index (χ1) is 5.65. The average Bonchev–Trinajstić information content (AvgIpc) is 2.03. The number of carbonyl (C=O) groups is 1. The van der Waals surface area contributed by atoms with Crippen molar-refractivity contribution in [2.45, 2.75) is 6.92 Å². The summed E-state index contributed by atoms with van der Waals surface area (Å²) in [7, 11) is 0. The molecule has 0 fully saturated rings. The molecule has 0 aromatic carbocycles. The number of nitrogens with zero attached hydrogens (tertiary/aromatic N) is 1. The van der Waals surface area contributed by atoms with Crippen LogP contribution in [0.1, 0.15) is 16.1 Å². The predicted molar refractivity (Wildman–Crippen MR) is 40.9 cm³/mol. The van der Waals surface area contributed by atoms with E-state index in [1.54, 1.807) is 6.92 Å². The van der Waals surface area contributed by atoms with Crippen LogP contribution in [0.15, 0.2) is 12.3 Å². The van der Waals surface area contributed by atoms with Crippen molar-refractivity contribution in [3.05, 3.63) is 23.5 Å². The van der Waals surface area contributed by atoms with Crippen LogP contribution < -0.4 is 4.94 Å². The number of aromatic nitrogens is 1. The van der Waals surface area contributed by atoms with Crippen LogP contribution in [0, 0.1) is 6.92 Å². The van der Waals surface area contributed by atoms with Crippen LogP contribution in [-0.2, 0) is 0 Å². The van der Waals surface area contributed by atoms with E-state index in [0.29, 0.717) is 5.56 Å². The zero-order chi connectivity index (χ0) is 9.14. The summed E-state index contributed by atoms with van der Waals surface area (Å²) in [6, 6.07) is 1.34. The van der Waals surface area contributed by atoms with Gasteiger partial charge in [0.15, 0.2) is 5.75 Å². The highest BCUT2D eigenvalue weighted by Crippen LogP contribution is 2.15. The fourth-order valence-corrected chi connectivity index (χ4v) is 0.995. The molecule has 1 heterocycles. The van der Waals surface area contributed by atoms with Gasteiger partial charge in [0.2, 0.25) is 0 Å². The van der Waals surface area contributed by atoms with Gasteiger partial charge in [0.25, 0.3) is 5.24 Å². The highest BCUT2D eigenvalue weighted by Gasteiger charge is 2.08. The van der Waals surface area contributed by atoms with Crippen LogP contribution in [0.2, 0.25) is 0 Å². The minimum absolute atomic E-state index is 0.0471. The van der Waals surface area contributed by atoms with E-state index in [-0.39, 0.29) is 11.4 Å². The van der Waals surface area contributed by atoms with Crippen molar-refractivity contribution in [2.24, 2.45) is 0 Å². The van der Waals surface area contributed by atoms with E-state index in [1.807, 2.05) is 0 Å². The Bertz CT molecular complexity index is 316. The van der Waals surface area contributed by atoms with E-state index in [4.69, 9.17) is 11.6 Å². The van der Waals surface area contributed by atoms with E-state index >= 15 is 0 Å². The molecule has 1 aromatic heterocycles. The molecule has 0 saturated carbocycles. The zero-order valence-electron chi connectivity index (χ0n) is 6.17. The van der Waals surface area contributed by atoms with Crippen LogP contribution >= 0.6 is 11.6 Å². The van der Waals surface area contributed by atoms with Gasteiger partial charge in [0.1, 0.15) is 5.69 Å². The van der Waals surface area contributed by atoms with Crippen LogP contribution in [0.4, 0.5) is 4.53 Å². The summed E-state index contributed by atoms with van der Waals surface area (Å²) in [6.45, 7) is 1.59. The van der Waals surface area contributed by atoms with Crippen molar-refractivity contribution in [2.75, 3.05) is 0 Å². The van der Waals surface area contributed by atoms with E-state index in [9.17, 15) is 9.32 Å². The first-order valence-electron chi connectivity index (χ1n) is 3.10. The molecule has 0 aliphatic heterocycles. The van der Waals surface area contributed by atoms with Gasteiger partial charge in [-0.1, -0.05) is 0 Å². The first kappa shape index (κ1) is 8.93. The number of rotatable bonds is 2. The fourth-order valence-electron chi connectivity index (χ4n) is 0.797. The minimum Gasteiger partial charge on any atom is -0.293 e. The smallest absolute Gasteiger partial charge is 0.271 e. The minimum atomic E-state index is -0.669. The Morgan fingerprint density at radius 3 is 2.83 bits per heavy atom. The van der Waals surface area contributed by atoms with E-state index in [2.05, 4.69) is 9.93 Å². The van der Waals surface area contributed by atoms with Crippen molar-refractivity contribution in [3.63, 3.8) is 0 Å². The van der Waals surface area contributed by atoms with Crippen molar-refractivity contribution >= 4 is 16.8 Å². The summed E-state index contributed by atoms with van der Waals surface area (Å²) in [5, 5.41) is -0.669. The number of halogens is 2. The van der Waals surface area contributed by atoms with Gasteiger partial charge < -0.3 is 0 Å². The molecular formula is C7H5ClFNO2. The number of pyridine rings is 1. The summed E-state index contributed by atoms with van der Waals surface area (Å²) in [5.41, 5.74) is 0.586. The SMILES string of the molecule is Cc1cc(OF)cnc1C(=O)Cl. The van der Waals surface area contributed by atoms with E-state index < -0.39 is 5.24 Å². The second-order valence-electron chi connectivity index (χ2n) is 2.19. The Kier molecular flexibility index (Phi) is 2.60. The molecule has 1 aromatic rings. The maximum absolute atomic E-state index is 11.6. The second-order valence-corrected chi connectivity index (χ2v) is 2.53. The molecule has 0 spiro atoms. The first-order valence-corrected chi connectivity index (χ1v) is 3.48. The summed E-state index contributed by atoms with van der Waals surface area (Å²) in [4.78, 5) is 17.6. The fraction of sp³-hybridized carbons (Fsp3) is 0.143. The lowest BCUT2D eigenvalue weighted by atomic mass is 10.2. The van der Waals surface area contributed by atoms with Gasteiger partial charge >= 0.3 is 0 Å². The molecule has 1 rings (SSSR count). The number of hydrogen-bond donors (Lipinski definition) is 0. The maximum Gasteiger partial charge on any atom is 0.271 e. The topological polar surface area (TPSA) is 39.2 Å². The molecule has 64 valence electrons. The number of carbonyl (C=O) groups excluding carboxylic acids is 1. The van der Waals surface area contributed by atoms with Gasteiger partial charge in [-0.2, -0.15) is 0 Å². The van der Waals surface area contributed by atoms with Gasteiger partial charge in [0.05, 0.1) is 6.20 Å². The summed E-state index contributed by atoms with van der Waals surface area (Å²) >= 11 is 5.17. The summed E-state index contributed by atoms with van der Waals surface area (Å²) < 4.78 is 11.6. The van der Waals surface area contributed by atoms with Crippen LogP contribution in [0.3, 0.4) is 0 Å². The number of aryl methyl sites for hydroxylation is 1. The molecule has 0 aliphatic carbocycles. The lowest BCUT2D eigenvalue weighted by Crippen LogP contribution is -1.97. The highest BCUT2D eigenvalue weighted by molar-refractivity contribution is 6.67. The third-order valence-electron chi connectivity index (χ3n) is 1.33. The van der Waals surface area contributed by atoms with Crippen LogP contribution in [0.5, 0.6) is 5.75 Å². The van der Waals surface area contributed by atoms with Crippen molar-refractivity contribution in [1.29, 1.82) is 0 Å². The predicted octanol–water partition coefficient (Wildman–Crippen LogP) is 2.03. The molecule has 0 aliphatic rings. The standard InChI is InChI=1S/C7H5ClFNO2/c1-4-2-5(12-9)3-10-6(4)7(8)11/h2-3H,1H3. The normalized spacial score (nSPS) is 9.58. The lowest BCUT2D eigenvalue weighted by Gasteiger charge is -1.99. The van der Waals surface area contributed by atoms with Crippen molar-refractivity contribution < 1.29 is 14.3 Å². The molecule has 0 N–H and O–H groups in total. The second kappa shape index (κ2) is 3.49. The quantitative estimate of drug-likeness (QED) is 0.669. The average molecular weight is 190 g/mol. The highest BCUT2D eigenvalue weighted by atomic mass is 35.5. The van der Waals surface area contributed by atoms with Gasteiger partial charge in [-0.05, 0) is 30.2 Å². The molecule has 3 nitrogen and oxygen atoms in total. The van der Waals surface area contributed by atoms with E-state index in [1.165, 1.54) is 6.07 Å². The Hall–Kier alpha value is -1.16. The molecule has 0 bridgehead atoms. The molecule has 0 amide bonds. The molecule has 12 heavy (non-hydrogen) atoms. The Labute approximate surface area is 73.0 Å². The van der Waals surface area contributed by atoms with Crippen molar-refractivity contribution in [1.82, 2.24) is 4.98 Å². The van der Waals surface area contributed by atoms with Gasteiger partial charge in [0, 0.05) is 4.53 Å². The Morgan fingerprint density at radius 2 is 2.42 bits per heavy atom. The van der Waals surface area contributed by atoms with Gasteiger partial charge in [-0.3, -0.25) is 9.74 Å². The maximum atomic E-state index is 11.6. The van der Waals surface area contributed by atoms with Crippen molar-refractivity contribution in [3.8, 4) is 5.75 Å². The third-order valence-corrected chi connectivity index (χ3v) is 1.51. The van der Waals surface area contributed by atoms with Gasteiger partial charge in [-0.15, -0.1) is 0 Å². The van der Waals surface area contributed by atoms with Crippen LogP contribution in [0.25, 0.3) is 0 Å². The van der Waals surface area contributed by atoms with Gasteiger partial charge in [-0.25, -0.2) is 4.98 Å². The lowest BCUT2D eigenvalue weighted by molar-refractivity contribution is -0.00672. The molecule has 0 atom stereocenters. The zero-order valence-corrected chi connectivity index (χ0v) is 6.93. The Balaban J connectivity index is 3.12. The Morgan fingerprint density at radius 1 is 1.75 bits per heavy atom. The largest absolute Gasteiger partial charge is 0.293 e. The van der Waals surface area contributed by atoms with E-state index in [0.717, 1.165) is 6.20 Å². The molecule has 0 unspecified atom stereocenters. The monoisotopic (exact) mass is 189 g/mol. The van der Waals surface area contributed by atoms with Crippen LogP contribution in [-0.4, -0.2) is 10.2 Å². The summed E-state index contributed by atoms with van der Waals surface area (Å²) in [6.07, 6.45) is 1.09. The molecule has 5 heteroatoms. The molecular weight excluding hydrogens is 185 g/mol. The molecule has 0 saturated heterocycles. The third kappa shape index (κ3) is 1.71. The summed E-state index contributed by atoms with van der Waals surface area (Å²) in [5.74, 6) is -0.0471. The molecule has 0 radical (unpaired) electrons.